The molecule has 0 N–H and O–H groups in total. The Bertz CT molecular complexity index is 194. The van der Waals surface area contributed by atoms with Crippen LogP contribution in [0.2, 0.25) is 0 Å². The van der Waals surface area contributed by atoms with Gasteiger partial charge < -0.3 is 18.6 Å². The number of aryl methyl sites for hydroxylation is 1. The quantitative estimate of drug-likeness (QED) is 0.692. The Hall–Kier alpha value is 0.0719. The van der Waals surface area contributed by atoms with Gasteiger partial charge in [0.15, 0.2) is 0 Å². The van der Waals surface area contributed by atoms with Crippen molar-refractivity contribution in [3.05, 3.63) is 43.7 Å². The van der Waals surface area contributed by atoms with E-state index in [0.29, 0.717) is 6.61 Å². The van der Waals surface area contributed by atoms with Crippen LogP contribution in [0.3, 0.4) is 0 Å². The summed E-state index contributed by atoms with van der Waals surface area (Å²) >= 11 is 0. The molecular weight excluding hydrogens is 386 g/mol. The summed E-state index contributed by atoms with van der Waals surface area (Å²) in [6, 6.07) is 7.93. The van der Waals surface area contributed by atoms with Crippen LogP contribution in [0.1, 0.15) is 12.5 Å². The molecule has 0 aliphatic heterocycles. The zero-order chi connectivity index (χ0) is 9.40. The van der Waals surface area contributed by atoms with Gasteiger partial charge in [0.1, 0.15) is 5.75 Å². The minimum absolute atomic E-state index is 0. The van der Waals surface area contributed by atoms with Crippen LogP contribution in [-0.2, 0) is 0 Å². The summed E-state index contributed by atoms with van der Waals surface area (Å²) in [5, 5.41) is 0. The fourth-order valence-corrected chi connectivity index (χ4v) is 0.752. The van der Waals surface area contributed by atoms with Gasteiger partial charge in [-0.05, 0) is 25.7 Å². The summed E-state index contributed by atoms with van der Waals surface area (Å²) in [6.07, 6.45) is 0. The van der Waals surface area contributed by atoms with Gasteiger partial charge in [0.05, 0.1) is 0 Å². The molecule has 0 bridgehead atoms. The second kappa shape index (κ2) is 10.2. The molecule has 0 unspecified atom stereocenters. The van der Waals surface area contributed by atoms with Crippen LogP contribution in [0.15, 0.2) is 24.3 Å². The largest absolute Gasteiger partial charge is 2.00 e. The summed E-state index contributed by atoms with van der Waals surface area (Å²) in [5.74, 6) is 0.889. The molecule has 0 amide bonds. The van der Waals surface area contributed by atoms with Gasteiger partial charge >= 0.3 is 31.1 Å². The van der Waals surface area contributed by atoms with Crippen molar-refractivity contribution in [3.8, 4) is 5.75 Å². The van der Waals surface area contributed by atoms with Crippen molar-refractivity contribution in [3.63, 3.8) is 0 Å². The van der Waals surface area contributed by atoms with Crippen molar-refractivity contribution in [2.75, 3.05) is 6.61 Å². The van der Waals surface area contributed by atoms with Gasteiger partial charge in [-0.2, -0.15) is 6.92 Å². The van der Waals surface area contributed by atoms with Crippen molar-refractivity contribution in [2.45, 2.75) is 13.8 Å². The monoisotopic (exact) mass is 402 g/mol. The van der Waals surface area contributed by atoms with Crippen LogP contribution in [0.5, 0.6) is 5.75 Å². The molecule has 1 nitrogen and oxygen atoms in total. The SMILES string of the molecule is [CH2-]C.[CH2-]COc1ccc(C)cc1.[U+2]. The smallest absolute Gasteiger partial charge is 0.525 e. The Morgan fingerprint density at radius 2 is 1.62 bits per heavy atom. The molecule has 0 atom stereocenters. The van der Waals surface area contributed by atoms with E-state index >= 15 is 0 Å². The Morgan fingerprint density at radius 1 is 1.15 bits per heavy atom. The van der Waals surface area contributed by atoms with Gasteiger partial charge in [0.25, 0.3) is 0 Å². The fraction of sp³-hybridized carbons (Fsp3) is 0.273. The molecule has 0 aliphatic carbocycles. The Kier molecular flexibility index (Phi) is 12.1. The molecule has 1 rings (SSSR count). The topological polar surface area (TPSA) is 9.23 Å². The van der Waals surface area contributed by atoms with E-state index in [-0.39, 0.29) is 31.1 Å². The summed E-state index contributed by atoms with van der Waals surface area (Å²) < 4.78 is 5.15. The number of benzene rings is 1. The molecule has 1 aromatic carbocycles. The van der Waals surface area contributed by atoms with Gasteiger partial charge in [-0.3, -0.25) is 0 Å². The second-order valence-electron chi connectivity index (χ2n) is 2.16. The molecule has 0 aromatic heterocycles. The van der Waals surface area contributed by atoms with Crippen molar-refractivity contribution in [1.29, 1.82) is 0 Å². The maximum Gasteiger partial charge on any atom is 2.00 e. The molecule has 0 radical (unpaired) electrons. The van der Waals surface area contributed by atoms with E-state index in [4.69, 9.17) is 4.74 Å². The molecule has 0 spiro atoms. The van der Waals surface area contributed by atoms with Crippen LogP contribution in [0, 0.1) is 51.9 Å². The van der Waals surface area contributed by atoms with Crippen molar-refractivity contribution < 1.29 is 35.9 Å². The molecular formula is C11H16OU. The van der Waals surface area contributed by atoms with E-state index < -0.39 is 0 Å². The third-order valence-electron chi connectivity index (χ3n) is 1.29. The van der Waals surface area contributed by atoms with E-state index in [0.717, 1.165) is 5.75 Å². The van der Waals surface area contributed by atoms with E-state index in [1.807, 2.05) is 31.2 Å². The molecule has 70 valence electrons. The van der Waals surface area contributed by atoms with E-state index in [1.165, 1.54) is 5.56 Å². The zero-order valence-electron chi connectivity index (χ0n) is 8.34. The van der Waals surface area contributed by atoms with Gasteiger partial charge in [0, 0.05) is 0 Å². The Labute approximate surface area is 105 Å². The molecule has 0 aliphatic rings. The second-order valence-corrected chi connectivity index (χ2v) is 2.16. The molecule has 0 saturated heterocycles. The van der Waals surface area contributed by atoms with E-state index in [1.54, 1.807) is 6.92 Å². The third kappa shape index (κ3) is 7.17. The first kappa shape index (κ1) is 15.5. The first-order valence-electron chi connectivity index (χ1n) is 4.02. The number of ether oxygens (including phenoxy) is 1. The number of hydrogen-bond donors (Lipinski definition) is 0. The molecule has 1 aromatic rings. The molecule has 13 heavy (non-hydrogen) atoms. The molecule has 2 heteroatoms. The van der Waals surface area contributed by atoms with Crippen molar-refractivity contribution in [2.24, 2.45) is 0 Å². The summed E-state index contributed by atoms with van der Waals surface area (Å²) in [6.45, 7) is 11.1. The average Bonchev–Trinajstić information content (AvgIpc) is 2.13. The molecule has 0 fully saturated rings. The predicted octanol–water partition coefficient (Wildman–Crippen LogP) is 3.05. The average molecular weight is 402 g/mol. The summed E-state index contributed by atoms with van der Waals surface area (Å²) in [5.41, 5.74) is 1.25. The first-order chi connectivity index (χ1) is 5.83. The first-order valence-corrected chi connectivity index (χ1v) is 4.02. The minimum atomic E-state index is 0. The Balaban J connectivity index is 0. The normalized spacial score (nSPS) is 7.69. The zero-order valence-corrected chi connectivity index (χ0v) is 12.5. The van der Waals surface area contributed by atoms with Crippen LogP contribution < -0.4 is 4.74 Å². The maximum absolute atomic E-state index is 5.15. The van der Waals surface area contributed by atoms with Gasteiger partial charge in [0.2, 0.25) is 0 Å². The number of rotatable bonds is 2. The summed E-state index contributed by atoms with van der Waals surface area (Å²) in [4.78, 5) is 0. The molecule has 0 heterocycles. The maximum atomic E-state index is 5.15. The minimum Gasteiger partial charge on any atom is -0.525 e. The number of hydrogen-bond acceptors (Lipinski definition) is 1. The van der Waals surface area contributed by atoms with Crippen molar-refractivity contribution >= 4 is 0 Å². The predicted molar refractivity (Wildman–Crippen MR) is 53.1 cm³/mol. The van der Waals surface area contributed by atoms with Gasteiger partial charge in [-0.25, -0.2) is 0 Å². The fourth-order valence-electron chi connectivity index (χ4n) is 0.752. The molecule has 0 saturated carbocycles. The summed E-state index contributed by atoms with van der Waals surface area (Å²) in [7, 11) is 0. The van der Waals surface area contributed by atoms with Gasteiger partial charge in [-0.1, -0.05) is 17.7 Å². The van der Waals surface area contributed by atoms with E-state index in [2.05, 4.69) is 13.8 Å². The standard InChI is InChI=1S/C9H11O.C2H5.U/c1-3-10-9-6-4-8(2)5-7-9;1-2;/h4-7H,1,3H2,2H3;1H2,2H3;/q2*-1;+2. The Morgan fingerprint density at radius 3 is 2.00 bits per heavy atom. The third-order valence-corrected chi connectivity index (χ3v) is 1.29. The van der Waals surface area contributed by atoms with Crippen LogP contribution in [0.25, 0.3) is 0 Å². The van der Waals surface area contributed by atoms with Crippen LogP contribution >= 0.6 is 0 Å². The van der Waals surface area contributed by atoms with E-state index in [9.17, 15) is 0 Å². The van der Waals surface area contributed by atoms with Crippen molar-refractivity contribution in [1.82, 2.24) is 0 Å². The van der Waals surface area contributed by atoms with Crippen LogP contribution in [-0.4, -0.2) is 6.61 Å². The van der Waals surface area contributed by atoms with Crippen LogP contribution in [0.4, 0.5) is 0 Å². The van der Waals surface area contributed by atoms with Gasteiger partial charge in [-0.15, -0.1) is 0 Å².